The molecule has 2 N–H and O–H groups in total. The van der Waals surface area contributed by atoms with Gasteiger partial charge < -0.3 is 15.5 Å². The minimum Gasteiger partial charge on any atom is -0.349 e. The van der Waals surface area contributed by atoms with Gasteiger partial charge in [-0.25, -0.2) is 9.97 Å². The van der Waals surface area contributed by atoms with Gasteiger partial charge in [-0.2, -0.15) is 4.58 Å². The molecule has 0 saturated heterocycles. The smallest absolute Gasteiger partial charge is 0.224 e. The molecule has 0 aliphatic carbocycles. The summed E-state index contributed by atoms with van der Waals surface area (Å²) in [7, 11) is 0. The number of anilines is 2. The van der Waals surface area contributed by atoms with E-state index in [0.717, 1.165) is 60.1 Å². The van der Waals surface area contributed by atoms with Crippen molar-refractivity contribution in [2.24, 2.45) is 0 Å². The molecular weight excluding hydrogens is 901 g/mol. The molecule has 9 heteroatoms. The van der Waals surface area contributed by atoms with Crippen molar-refractivity contribution in [2.45, 2.75) is 97.3 Å². The molecule has 0 saturated carbocycles. The number of aromatic nitrogens is 2. The summed E-state index contributed by atoms with van der Waals surface area (Å²) in [6.45, 7) is 15.1. The molecule has 0 bridgehead atoms. The van der Waals surface area contributed by atoms with Crippen molar-refractivity contribution in [3.8, 4) is 0 Å². The highest BCUT2D eigenvalue weighted by Gasteiger charge is 2.45. The summed E-state index contributed by atoms with van der Waals surface area (Å²) in [6, 6.07) is 39.9. The molecule has 7 aromatic rings. The van der Waals surface area contributed by atoms with Gasteiger partial charge in [0.05, 0.1) is 23.2 Å². The third-order valence-corrected chi connectivity index (χ3v) is 14.6. The number of hydrogen-bond acceptors (Lipinski definition) is 6. The number of carbonyl (C=O) groups is 3. The third kappa shape index (κ3) is 10.7. The zero-order chi connectivity index (χ0) is 51.1. The molecule has 370 valence electrons. The van der Waals surface area contributed by atoms with Gasteiger partial charge in [0, 0.05) is 84.2 Å². The Bertz CT molecular complexity index is 3410. The number of allylic oxidation sites excluding steroid dienone is 8. The highest BCUT2D eigenvalue weighted by Crippen LogP contribution is 2.50. The van der Waals surface area contributed by atoms with Gasteiger partial charge in [-0.15, -0.1) is 0 Å². The molecule has 2 aliphatic rings. The first kappa shape index (κ1) is 50.2. The van der Waals surface area contributed by atoms with Crippen LogP contribution in [0.4, 0.5) is 17.1 Å². The maximum absolute atomic E-state index is 13.1. The number of rotatable bonds is 19. The second-order valence-electron chi connectivity index (χ2n) is 20.3. The van der Waals surface area contributed by atoms with E-state index in [0.29, 0.717) is 24.9 Å². The molecule has 3 heterocycles. The fourth-order valence-corrected chi connectivity index (χ4v) is 11.1. The summed E-state index contributed by atoms with van der Waals surface area (Å²) in [5.74, 6) is -0.211. The molecule has 0 fully saturated rings. The lowest BCUT2D eigenvalue weighted by molar-refractivity contribution is -0.438. The molecule has 2 amide bonds. The number of Topliss-reactive ketones (excluding diaryl/α,β-unsaturated/α-hetero) is 1. The Labute approximate surface area is 430 Å². The largest absolute Gasteiger partial charge is 0.349 e. The maximum atomic E-state index is 13.1. The first-order valence-electron chi connectivity index (χ1n) is 26.0. The fraction of sp³-hybridized carbons (Fsp3) is 0.281. The Hall–Kier alpha value is -7.78. The van der Waals surface area contributed by atoms with E-state index < -0.39 is 0 Å². The second-order valence-corrected chi connectivity index (χ2v) is 20.3. The average molecular weight is 968 g/mol. The second kappa shape index (κ2) is 21.9. The van der Waals surface area contributed by atoms with Gasteiger partial charge in [-0.1, -0.05) is 130 Å². The Kier molecular flexibility index (Phi) is 15.1. The third-order valence-electron chi connectivity index (χ3n) is 14.6. The van der Waals surface area contributed by atoms with Crippen LogP contribution in [0.5, 0.6) is 0 Å². The maximum Gasteiger partial charge on any atom is 0.224 e. The summed E-state index contributed by atoms with van der Waals surface area (Å²) < 4.78 is 2.48. The molecule has 73 heavy (non-hydrogen) atoms. The van der Waals surface area contributed by atoms with Gasteiger partial charge in [-0.05, 0) is 108 Å². The van der Waals surface area contributed by atoms with Crippen LogP contribution in [0.2, 0.25) is 0 Å². The number of nitrogens with one attached hydrogen (secondary N) is 2. The quantitative estimate of drug-likeness (QED) is 0.0475. The van der Waals surface area contributed by atoms with Crippen molar-refractivity contribution in [3.63, 3.8) is 0 Å². The molecule has 2 aliphatic heterocycles. The van der Waals surface area contributed by atoms with E-state index in [9.17, 15) is 14.4 Å². The number of unbranched alkanes of at least 4 members (excludes halogenated alkanes) is 2. The summed E-state index contributed by atoms with van der Waals surface area (Å²) in [5, 5.41) is 11.8. The van der Waals surface area contributed by atoms with Crippen molar-refractivity contribution in [3.05, 3.63) is 198 Å². The van der Waals surface area contributed by atoms with Crippen LogP contribution in [0.25, 0.3) is 32.4 Å². The molecule has 1 aromatic heterocycles. The van der Waals surface area contributed by atoms with Crippen LogP contribution in [0.15, 0.2) is 170 Å². The van der Waals surface area contributed by atoms with Crippen LogP contribution in [0.1, 0.15) is 102 Å². The minimum absolute atomic E-state index is 0.00579. The molecule has 9 rings (SSSR count). The van der Waals surface area contributed by atoms with Gasteiger partial charge in [0.1, 0.15) is 12.9 Å². The number of fused-ring (bicyclic) bond motifs is 7. The van der Waals surface area contributed by atoms with E-state index in [1.807, 2.05) is 49.4 Å². The van der Waals surface area contributed by atoms with E-state index in [-0.39, 0.29) is 41.4 Å². The van der Waals surface area contributed by atoms with Crippen molar-refractivity contribution in [2.75, 3.05) is 29.9 Å². The van der Waals surface area contributed by atoms with Gasteiger partial charge in [0.2, 0.25) is 17.5 Å². The normalized spacial score (nSPS) is 15.4. The predicted molar refractivity (Wildman–Crippen MR) is 300 cm³/mol. The van der Waals surface area contributed by atoms with E-state index >= 15 is 0 Å². The van der Waals surface area contributed by atoms with E-state index in [1.54, 1.807) is 6.33 Å². The van der Waals surface area contributed by atoms with Crippen molar-refractivity contribution in [1.82, 2.24) is 15.3 Å². The summed E-state index contributed by atoms with van der Waals surface area (Å²) in [4.78, 5) is 49.5. The standard InChI is InChI=1S/C64H66N6O3/c1-7-59(72)68-48-33-34-53-52(41-48)54(67-43-66-53)40-45-23-21-22-44(38-45)39-49(71)42-65-60(73)30-15-12-20-37-70-56-36-32-47-25-17-19-27-51(47)62(56)64(5,6)58(70)29-14-11-9-10-13-28-57-63(3,4)61-50-26-18-16-24-46(50)31-35-55(61)69(57)8-2/h9-11,13-14,16-19,21-29,31-36,38,41,43H,7-8,12,15,20,30,37,39-40,42H2,1-6H3,(H-,65,68,72,73)/p+1. The lowest BCUT2D eigenvalue weighted by Crippen LogP contribution is -2.30. The van der Waals surface area contributed by atoms with E-state index in [1.165, 1.54) is 55.5 Å². The first-order valence-corrected chi connectivity index (χ1v) is 26.0. The minimum atomic E-state index is -0.225. The van der Waals surface area contributed by atoms with Crippen molar-refractivity contribution >= 4 is 72.8 Å². The van der Waals surface area contributed by atoms with Gasteiger partial charge in [0.15, 0.2) is 11.5 Å². The van der Waals surface area contributed by atoms with Crippen LogP contribution < -0.4 is 15.5 Å². The predicted octanol–water partition coefficient (Wildman–Crippen LogP) is 13.1. The summed E-state index contributed by atoms with van der Waals surface area (Å²) >= 11 is 0. The van der Waals surface area contributed by atoms with Gasteiger partial charge in [0.25, 0.3) is 0 Å². The monoisotopic (exact) mass is 968 g/mol. The molecular formula is C64H67N6O3+. The number of nitrogens with zero attached hydrogens (tertiary/aromatic N) is 4. The number of likely N-dealkylation sites (N-methyl/N-ethyl adjacent to an activating group) is 1. The number of carbonyl (C=O) groups excluding carboxylic acids is 3. The van der Waals surface area contributed by atoms with Crippen LogP contribution in [-0.2, 0) is 38.1 Å². The molecule has 9 nitrogen and oxygen atoms in total. The lowest BCUT2D eigenvalue weighted by atomic mass is 9.79. The summed E-state index contributed by atoms with van der Waals surface area (Å²) in [6.07, 6.45) is 20.8. The number of amides is 2. The van der Waals surface area contributed by atoms with E-state index in [4.69, 9.17) is 0 Å². The van der Waals surface area contributed by atoms with Crippen LogP contribution in [0.3, 0.4) is 0 Å². The molecule has 0 atom stereocenters. The molecule has 0 radical (unpaired) electrons. The van der Waals surface area contributed by atoms with Gasteiger partial charge >= 0.3 is 0 Å². The highest BCUT2D eigenvalue weighted by molar-refractivity contribution is 6.08. The molecule has 0 unspecified atom stereocenters. The Morgan fingerprint density at radius 3 is 2.18 bits per heavy atom. The van der Waals surface area contributed by atoms with E-state index in [2.05, 4.69) is 180 Å². The zero-order valence-electron chi connectivity index (χ0n) is 43.2. The Morgan fingerprint density at radius 2 is 1.40 bits per heavy atom. The van der Waals surface area contributed by atoms with Crippen molar-refractivity contribution < 1.29 is 19.0 Å². The highest BCUT2D eigenvalue weighted by atomic mass is 16.2. The Balaban J connectivity index is 0.795. The topological polar surface area (TPSA) is 107 Å². The fourth-order valence-electron chi connectivity index (χ4n) is 11.1. The number of benzene rings is 6. The SMILES string of the molecule is CCC(=O)Nc1ccc2ncnc(Cc3cccc(CC(=O)CNC(=O)CCCCC[N+]4=C(/C=C/C=C/C=C/C=C5\N(CC)c6ccc7ccccc7c6C5(C)C)C(C)(C)c5c4ccc4ccccc54)c3)c2c1. The van der Waals surface area contributed by atoms with Gasteiger partial charge in [-0.3, -0.25) is 14.4 Å². The zero-order valence-corrected chi connectivity index (χ0v) is 43.2. The van der Waals surface area contributed by atoms with Crippen LogP contribution in [-0.4, -0.2) is 57.5 Å². The van der Waals surface area contributed by atoms with Crippen LogP contribution >= 0.6 is 0 Å². The first-order chi connectivity index (χ1) is 35.4. The number of ketones is 1. The Morgan fingerprint density at radius 1 is 0.671 bits per heavy atom. The molecule has 6 aromatic carbocycles. The van der Waals surface area contributed by atoms with Crippen LogP contribution in [0, 0.1) is 0 Å². The average Bonchev–Trinajstić information content (AvgIpc) is 3.75. The summed E-state index contributed by atoms with van der Waals surface area (Å²) in [5.41, 5.74) is 11.7. The van der Waals surface area contributed by atoms with Crippen molar-refractivity contribution in [1.29, 1.82) is 0 Å². The number of hydrogen-bond donors (Lipinski definition) is 2. The lowest BCUT2D eigenvalue weighted by Gasteiger charge is -2.26. The molecule has 0 spiro atoms.